The Morgan fingerprint density at radius 1 is 1.05 bits per heavy atom. The first-order chi connectivity index (χ1) is 9.83. The van der Waals surface area contributed by atoms with Crippen LogP contribution in [-0.4, -0.2) is 21.1 Å². The third-order valence-corrected chi connectivity index (χ3v) is 2.97. The van der Waals surface area contributed by atoms with Gasteiger partial charge in [0.1, 0.15) is 11.0 Å². The fourth-order valence-electron chi connectivity index (χ4n) is 1.95. The van der Waals surface area contributed by atoms with Crippen LogP contribution in [0.4, 0.5) is 0 Å². The number of carbonyl (C=O) groups is 1. The Labute approximate surface area is 115 Å². The van der Waals surface area contributed by atoms with Crippen molar-refractivity contribution in [3.8, 4) is 0 Å². The number of fused-ring (bicyclic) bond motifs is 1. The fraction of sp³-hybridized carbons (Fsp3) is 0.133. The van der Waals surface area contributed by atoms with E-state index in [1.54, 1.807) is 6.07 Å². The van der Waals surface area contributed by atoms with Crippen molar-refractivity contribution in [2.75, 3.05) is 0 Å². The van der Waals surface area contributed by atoms with E-state index in [1.807, 2.05) is 48.5 Å². The van der Waals surface area contributed by atoms with E-state index in [-0.39, 0.29) is 5.97 Å². The molecule has 5 heteroatoms. The molecule has 0 saturated heterocycles. The molecule has 3 aromatic rings. The molecule has 5 nitrogen and oxygen atoms in total. The number of carbonyl (C=O) groups excluding carboxylic acids is 1. The van der Waals surface area contributed by atoms with Gasteiger partial charge in [-0.2, -0.15) is 0 Å². The Kier molecular flexibility index (Phi) is 3.41. The summed E-state index contributed by atoms with van der Waals surface area (Å²) >= 11 is 0. The average molecular weight is 267 g/mol. The molecule has 20 heavy (non-hydrogen) atoms. The lowest BCUT2D eigenvalue weighted by Crippen LogP contribution is -2.21. The van der Waals surface area contributed by atoms with Crippen LogP contribution in [0.2, 0.25) is 0 Å². The summed E-state index contributed by atoms with van der Waals surface area (Å²) in [6.45, 7) is 0. The molecule has 2 aromatic carbocycles. The molecule has 0 atom stereocenters. The first kappa shape index (κ1) is 12.3. The van der Waals surface area contributed by atoms with Gasteiger partial charge in [0.15, 0.2) is 0 Å². The second kappa shape index (κ2) is 5.52. The molecule has 0 aliphatic carbocycles. The lowest BCUT2D eigenvalue weighted by atomic mass is 10.1. The van der Waals surface area contributed by atoms with Crippen molar-refractivity contribution in [2.45, 2.75) is 12.8 Å². The van der Waals surface area contributed by atoms with Gasteiger partial charge in [-0.3, -0.25) is 0 Å². The molecule has 0 fully saturated rings. The number of hydrogen-bond donors (Lipinski definition) is 0. The minimum atomic E-state index is -0.329. The zero-order valence-corrected chi connectivity index (χ0v) is 10.8. The van der Waals surface area contributed by atoms with Crippen LogP contribution >= 0.6 is 0 Å². The molecular formula is C15H13N3O2. The van der Waals surface area contributed by atoms with Gasteiger partial charge in [0, 0.05) is 0 Å². The Hall–Kier alpha value is -2.69. The van der Waals surface area contributed by atoms with Gasteiger partial charge < -0.3 is 4.84 Å². The minimum absolute atomic E-state index is 0.304. The predicted octanol–water partition coefficient (Wildman–Crippen LogP) is 2.02. The van der Waals surface area contributed by atoms with E-state index >= 15 is 0 Å². The summed E-state index contributed by atoms with van der Waals surface area (Å²) in [7, 11) is 0. The predicted molar refractivity (Wildman–Crippen MR) is 73.9 cm³/mol. The van der Waals surface area contributed by atoms with Gasteiger partial charge in [0.05, 0.1) is 6.42 Å². The zero-order valence-electron chi connectivity index (χ0n) is 10.8. The summed E-state index contributed by atoms with van der Waals surface area (Å²) in [6, 6.07) is 17.1. The smallest absolute Gasteiger partial charge is 0.317 e. The number of benzene rings is 2. The lowest BCUT2D eigenvalue weighted by Gasteiger charge is -2.03. The third kappa shape index (κ3) is 2.66. The van der Waals surface area contributed by atoms with E-state index in [4.69, 9.17) is 4.84 Å². The number of aromatic nitrogens is 3. The van der Waals surface area contributed by atoms with Crippen LogP contribution < -0.4 is 4.84 Å². The van der Waals surface area contributed by atoms with Crippen molar-refractivity contribution in [3.05, 3.63) is 60.2 Å². The van der Waals surface area contributed by atoms with Crippen molar-refractivity contribution >= 4 is 17.0 Å². The molecule has 0 aliphatic heterocycles. The molecule has 0 amide bonds. The maximum absolute atomic E-state index is 11.8. The molecule has 1 heterocycles. The second-order valence-corrected chi connectivity index (χ2v) is 4.40. The van der Waals surface area contributed by atoms with E-state index in [1.165, 1.54) is 4.85 Å². The normalized spacial score (nSPS) is 10.6. The number of para-hydroxylation sites is 1. The Morgan fingerprint density at radius 2 is 1.80 bits per heavy atom. The summed E-state index contributed by atoms with van der Waals surface area (Å²) in [5.41, 5.74) is 2.48. The molecule has 1 aromatic heterocycles. The van der Waals surface area contributed by atoms with Crippen LogP contribution in [0.15, 0.2) is 54.6 Å². The van der Waals surface area contributed by atoms with E-state index in [0.717, 1.165) is 5.56 Å². The van der Waals surface area contributed by atoms with E-state index in [9.17, 15) is 4.79 Å². The standard InChI is InChI=1S/C15H13N3O2/c19-15(11-10-12-6-2-1-3-7-12)20-18-14-9-5-4-8-13(14)16-17-18/h1-9H,10-11H2. The highest BCUT2D eigenvalue weighted by Crippen LogP contribution is 2.08. The highest BCUT2D eigenvalue weighted by molar-refractivity contribution is 5.75. The third-order valence-electron chi connectivity index (χ3n) is 2.97. The van der Waals surface area contributed by atoms with Crippen molar-refractivity contribution in [1.82, 2.24) is 15.2 Å². The van der Waals surface area contributed by atoms with Gasteiger partial charge in [-0.25, -0.2) is 4.79 Å². The minimum Gasteiger partial charge on any atom is -0.317 e. The fourth-order valence-corrected chi connectivity index (χ4v) is 1.95. The van der Waals surface area contributed by atoms with Crippen molar-refractivity contribution < 1.29 is 9.63 Å². The van der Waals surface area contributed by atoms with Crippen LogP contribution in [0.25, 0.3) is 11.0 Å². The number of rotatable bonds is 4. The zero-order chi connectivity index (χ0) is 13.8. The molecule has 0 unspecified atom stereocenters. The molecule has 100 valence electrons. The maximum Gasteiger partial charge on any atom is 0.335 e. The Morgan fingerprint density at radius 3 is 2.65 bits per heavy atom. The van der Waals surface area contributed by atoms with E-state index in [2.05, 4.69) is 10.3 Å². The van der Waals surface area contributed by atoms with Crippen molar-refractivity contribution in [3.63, 3.8) is 0 Å². The lowest BCUT2D eigenvalue weighted by molar-refractivity contribution is -0.145. The number of aryl methyl sites for hydroxylation is 1. The topological polar surface area (TPSA) is 57.0 Å². The Balaban J connectivity index is 1.64. The van der Waals surface area contributed by atoms with Gasteiger partial charge in [-0.15, -0.1) is 5.10 Å². The van der Waals surface area contributed by atoms with E-state index in [0.29, 0.717) is 23.9 Å². The quantitative estimate of drug-likeness (QED) is 0.679. The summed E-state index contributed by atoms with van der Waals surface area (Å²) in [5, 5.41) is 7.74. The molecule has 0 bridgehead atoms. The van der Waals surface area contributed by atoms with Crippen molar-refractivity contribution in [1.29, 1.82) is 0 Å². The van der Waals surface area contributed by atoms with Crippen molar-refractivity contribution in [2.24, 2.45) is 0 Å². The molecule has 3 rings (SSSR count). The van der Waals surface area contributed by atoms with Gasteiger partial charge >= 0.3 is 5.97 Å². The summed E-state index contributed by atoms with van der Waals surface area (Å²) in [5.74, 6) is -0.329. The molecule has 0 spiro atoms. The summed E-state index contributed by atoms with van der Waals surface area (Å²) in [6.07, 6.45) is 0.949. The van der Waals surface area contributed by atoms with E-state index < -0.39 is 0 Å². The number of nitrogens with zero attached hydrogens (tertiary/aromatic N) is 3. The molecule has 0 aliphatic rings. The number of hydrogen-bond acceptors (Lipinski definition) is 4. The van der Waals surface area contributed by atoms with Crippen LogP contribution in [0, 0.1) is 0 Å². The van der Waals surface area contributed by atoms with Gasteiger partial charge in [0.25, 0.3) is 0 Å². The highest BCUT2D eigenvalue weighted by Gasteiger charge is 2.09. The maximum atomic E-state index is 11.8. The first-order valence-corrected chi connectivity index (χ1v) is 6.38. The van der Waals surface area contributed by atoms with Gasteiger partial charge in [0.2, 0.25) is 0 Å². The average Bonchev–Trinajstić information content (AvgIpc) is 2.90. The van der Waals surface area contributed by atoms with Gasteiger partial charge in [-0.1, -0.05) is 47.3 Å². The Bertz CT molecular complexity index is 722. The first-order valence-electron chi connectivity index (χ1n) is 6.38. The summed E-state index contributed by atoms with van der Waals surface area (Å²) in [4.78, 5) is 18.2. The molecule has 0 N–H and O–H groups in total. The van der Waals surface area contributed by atoms with Crippen LogP contribution in [0.3, 0.4) is 0 Å². The summed E-state index contributed by atoms with van der Waals surface area (Å²) < 4.78 is 0. The van der Waals surface area contributed by atoms with Crippen LogP contribution in [0.1, 0.15) is 12.0 Å². The molecule has 0 radical (unpaired) electrons. The molecular weight excluding hydrogens is 254 g/mol. The monoisotopic (exact) mass is 267 g/mol. The van der Waals surface area contributed by atoms with Crippen LogP contribution in [0.5, 0.6) is 0 Å². The van der Waals surface area contributed by atoms with Gasteiger partial charge in [-0.05, 0) is 29.3 Å². The van der Waals surface area contributed by atoms with Crippen LogP contribution in [-0.2, 0) is 11.2 Å². The SMILES string of the molecule is O=C(CCc1ccccc1)On1nnc2ccccc21. The second-order valence-electron chi connectivity index (χ2n) is 4.40. The largest absolute Gasteiger partial charge is 0.335 e. The molecule has 0 saturated carbocycles. The highest BCUT2D eigenvalue weighted by atomic mass is 16.7.